The van der Waals surface area contributed by atoms with Gasteiger partial charge in [-0.3, -0.25) is 4.79 Å². The van der Waals surface area contributed by atoms with Gasteiger partial charge in [-0.2, -0.15) is 0 Å². The number of hydrogen-bond donors (Lipinski definition) is 1. The van der Waals surface area contributed by atoms with Crippen LogP contribution in [0.1, 0.15) is 29.3 Å². The molecule has 1 aliphatic carbocycles. The fourth-order valence-corrected chi connectivity index (χ4v) is 6.06. The third-order valence-electron chi connectivity index (χ3n) is 5.32. The summed E-state index contributed by atoms with van der Waals surface area (Å²) in [6.07, 6.45) is 5.01. The van der Waals surface area contributed by atoms with Gasteiger partial charge in [0.05, 0.1) is 5.75 Å². The van der Waals surface area contributed by atoms with Gasteiger partial charge >= 0.3 is 0 Å². The van der Waals surface area contributed by atoms with Gasteiger partial charge in [0.2, 0.25) is 12.7 Å². The van der Waals surface area contributed by atoms with Crippen molar-refractivity contribution < 1.29 is 14.3 Å². The molecule has 0 bridgehead atoms. The molecule has 0 saturated carbocycles. The number of aryl methyl sites for hydroxylation is 1. The lowest BCUT2D eigenvalue weighted by Crippen LogP contribution is -2.24. The molecule has 0 saturated heterocycles. The Morgan fingerprint density at radius 1 is 1.31 bits per heavy atom. The van der Waals surface area contributed by atoms with Crippen LogP contribution in [0.2, 0.25) is 0 Å². The average molecular weight is 428 g/mol. The van der Waals surface area contributed by atoms with E-state index in [0.717, 1.165) is 51.1 Å². The Bertz CT molecular complexity index is 1080. The van der Waals surface area contributed by atoms with E-state index in [4.69, 9.17) is 9.47 Å². The van der Waals surface area contributed by atoms with Crippen LogP contribution in [0.5, 0.6) is 11.5 Å². The van der Waals surface area contributed by atoms with Crippen molar-refractivity contribution in [2.75, 3.05) is 12.5 Å². The molecule has 150 valence electrons. The van der Waals surface area contributed by atoms with Crippen molar-refractivity contribution in [1.82, 2.24) is 15.3 Å². The van der Waals surface area contributed by atoms with E-state index < -0.39 is 0 Å². The Kier molecular flexibility index (Phi) is 5.05. The summed E-state index contributed by atoms with van der Waals surface area (Å²) in [5, 5.41) is 5.05. The Labute approximate surface area is 177 Å². The van der Waals surface area contributed by atoms with Crippen molar-refractivity contribution in [3.05, 3.63) is 40.5 Å². The van der Waals surface area contributed by atoms with Gasteiger partial charge in [-0.05, 0) is 48.4 Å². The first-order valence-electron chi connectivity index (χ1n) is 9.70. The number of benzene rings is 1. The zero-order valence-electron chi connectivity index (χ0n) is 16.1. The number of aromatic nitrogens is 2. The molecule has 5 rings (SSSR count). The zero-order valence-corrected chi connectivity index (χ0v) is 17.7. The third-order valence-corrected chi connectivity index (χ3v) is 7.48. The van der Waals surface area contributed by atoms with Crippen molar-refractivity contribution in [3.63, 3.8) is 0 Å². The second-order valence-corrected chi connectivity index (χ2v) is 9.51. The number of hydrogen-bond acceptors (Lipinski definition) is 7. The summed E-state index contributed by atoms with van der Waals surface area (Å²) in [6.45, 7) is 3.01. The summed E-state index contributed by atoms with van der Waals surface area (Å²) < 4.78 is 10.7. The van der Waals surface area contributed by atoms with E-state index in [-0.39, 0.29) is 12.7 Å². The minimum Gasteiger partial charge on any atom is -0.454 e. The quantitative estimate of drug-likeness (QED) is 0.491. The van der Waals surface area contributed by atoms with Crippen LogP contribution in [0.4, 0.5) is 0 Å². The lowest BCUT2D eigenvalue weighted by atomic mass is 9.89. The van der Waals surface area contributed by atoms with Crippen LogP contribution < -0.4 is 14.8 Å². The minimum absolute atomic E-state index is 0.0165. The number of nitrogens with zero attached hydrogens (tertiary/aromatic N) is 2. The van der Waals surface area contributed by atoms with Crippen molar-refractivity contribution in [3.8, 4) is 11.5 Å². The second kappa shape index (κ2) is 7.84. The van der Waals surface area contributed by atoms with Gasteiger partial charge < -0.3 is 14.8 Å². The van der Waals surface area contributed by atoms with Gasteiger partial charge in [-0.25, -0.2) is 9.97 Å². The molecular weight excluding hydrogens is 406 g/mol. The van der Waals surface area contributed by atoms with Crippen LogP contribution in [0.25, 0.3) is 10.2 Å². The zero-order chi connectivity index (χ0) is 19.8. The van der Waals surface area contributed by atoms with Crippen LogP contribution in [-0.2, 0) is 24.2 Å². The minimum atomic E-state index is -0.0165. The molecule has 0 fully saturated rings. The normalized spacial score (nSPS) is 17.3. The van der Waals surface area contributed by atoms with Gasteiger partial charge in [-0.15, -0.1) is 11.3 Å². The van der Waals surface area contributed by atoms with E-state index in [1.165, 1.54) is 28.6 Å². The Hall–Kier alpha value is -2.32. The van der Waals surface area contributed by atoms with E-state index in [2.05, 4.69) is 22.2 Å². The van der Waals surface area contributed by atoms with E-state index in [1.54, 1.807) is 17.7 Å². The number of nitrogens with one attached hydrogen (secondary N) is 1. The first kappa shape index (κ1) is 18.7. The number of carbonyl (C=O) groups is 1. The summed E-state index contributed by atoms with van der Waals surface area (Å²) in [5.41, 5.74) is 2.38. The molecular formula is C21H21N3O3S2. The molecule has 1 amide bonds. The largest absolute Gasteiger partial charge is 0.454 e. The molecule has 1 aromatic carbocycles. The molecule has 3 aromatic rings. The van der Waals surface area contributed by atoms with E-state index in [1.807, 2.05) is 18.2 Å². The molecule has 1 atom stereocenters. The molecule has 29 heavy (non-hydrogen) atoms. The van der Waals surface area contributed by atoms with Crippen LogP contribution in [0.15, 0.2) is 29.6 Å². The van der Waals surface area contributed by atoms with Crippen LogP contribution in [0, 0.1) is 5.92 Å². The molecule has 6 nitrogen and oxygen atoms in total. The van der Waals surface area contributed by atoms with Gasteiger partial charge in [0.1, 0.15) is 16.2 Å². The highest BCUT2D eigenvalue weighted by molar-refractivity contribution is 8.00. The highest BCUT2D eigenvalue weighted by Crippen LogP contribution is 2.40. The summed E-state index contributed by atoms with van der Waals surface area (Å²) >= 11 is 3.27. The van der Waals surface area contributed by atoms with Crippen LogP contribution in [-0.4, -0.2) is 28.4 Å². The van der Waals surface area contributed by atoms with Gasteiger partial charge in [0.15, 0.2) is 11.5 Å². The molecule has 2 aromatic heterocycles. The Morgan fingerprint density at radius 3 is 3.14 bits per heavy atom. The van der Waals surface area contributed by atoms with E-state index >= 15 is 0 Å². The number of ether oxygens (including phenoxy) is 2. The molecule has 0 spiro atoms. The highest BCUT2D eigenvalue weighted by atomic mass is 32.2. The maximum atomic E-state index is 12.4. The predicted octanol–water partition coefficient (Wildman–Crippen LogP) is 3.95. The second-order valence-electron chi connectivity index (χ2n) is 7.46. The monoisotopic (exact) mass is 427 g/mol. The molecule has 2 aliphatic rings. The van der Waals surface area contributed by atoms with Crippen molar-refractivity contribution in [2.24, 2.45) is 5.92 Å². The van der Waals surface area contributed by atoms with Crippen LogP contribution >= 0.6 is 23.1 Å². The number of fused-ring (bicyclic) bond motifs is 4. The summed E-state index contributed by atoms with van der Waals surface area (Å²) in [7, 11) is 0. The SMILES string of the molecule is C[C@H]1CCc2c(sc3ncnc(SCC(=O)NCc4ccc5c(c4)OCO5)c23)C1. The molecule has 1 aliphatic heterocycles. The molecule has 0 radical (unpaired) electrons. The van der Waals surface area contributed by atoms with Gasteiger partial charge in [0, 0.05) is 16.8 Å². The Morgan fingerprint density at radius 2 is 2.21 bits per heavy atom. The third kappa shape index (κ3) is 3.79. The van der Waals surface area contributed by atoms with Crippen molar-refractivity contribution >= 4 is 39.2 Å². The number of carbonyl (C=O) groups excluding carboxylic acids is 1. The summed E-state index contributed by atoms with van der Waals surface area (Å²) in [5.74, 6) is 2.51. The molecule has 1 N–H and O–H groups in total. The van der Waals surface area contributed by atoms with Crippen molar-refractivity contribution in [2.45, 2.75) is 37.8 Å². The lowest BCUT2D eigenvalue weighted by molar-refractivity contribution is -0.118. The average Bonchev–Trinajstić information content (AvgIpc) is 3.34. The van der Waals surface area contributed by atoms with Crippen molar-refractivity contribution in [1.29, 1.82) is 0 Å². The molecule has 0 unspecified atom stereocenters. The highest BCUT2D eigenvalue weighted by Gasteiger charge is 2.23. The number of rotatable bonds is 5. The fourth-order valence-electron chi connectivity index (χ4n) is 3.79. The topological polar surface area (TPSA) is 73.3 Å². The van der Waals surface area contributed by atoms with Gasteiger partial charge in [0.25, 0.3) is 0 Å². The lowest BCUT2D eigenvalue weighted by Gasteiger charge is -2.18. The maximum Gasteiger partial charge on any atom is 0.231 e. The number of thioether (sulfide) groups is 1. The molecule has 8 heteroatoms. The van der Waals surface area contributed by atoms with E-state index in [0.29, 0.717) is 12.3 Å². The predicted molar refractivity (Wildman–Crippen MR) is 114 cm³/mol. The molecule has 3 heterocycles. The standard InChI is InChI=1S/C21H21N3O3S2/c1-12-2-4-14-17(6-12)29-21-19(14)20(23-10-24-21)28-9-18(25)22-8-13-3-5-15-16(7-13)27-11-26-15/h3,5,7,10,12H,2,4,6,8-9,11H2,1H3,(H,22,25)/t12-/m0/s1. The van der Waals surface area contributed by atoms with Gasteiger partial charge in [-0.1, -0.05) is 24.8 Å². The summed E-state index contributed by atoms with van der Waals surface area (Å²) in [6, 6.07) is 5.71. The maximum absolute atomic E-state index is 12.4. The Balaban J connectivity index is 1.24. The summed E-state index contributed by atoms with van der Waals surface area (Å²) in [4.78, 5) is 23.8. The first-order chi connectivity index (χ1) is 14.2. The smallest absolute Gasteiger partial charge is 0.231 e. The van der Waals surface area contributed by atoms with E-state index in [9.17, 15) is 4.79 Å². The fraction of sp³-hybridized carbons (Fsp3) is 0.381. The van der Waals surface area contributed by atoms with Crippen LogP contribution in [0.3, 0.4) is 0 Å². The first-order valence-corrected chi connectivity index (χ1v) is 11.5. The number of thiophene rings is 1. The number of amides is 1.